The van der Waals surface area contributed by atoms with Crippen molar-refractivity contribution < 1.29 is 19.1 Å². The average Bonchev–Trinajstić information content (AvgIpc) is 2.44. The first-order chi connectivity index (χ1) is 9.61. The van der Waals surface area contributed by atoms with Crippen LogP contribution in [0.5, 0.6) is 5.75 Å². The minimum Gasteiger partial charge on any atom is -0.463 e. The van der Waals surface area contributed by atoms with Gasteiger partial charge in [-0.15, -0.1) is 0 Å². The highest BCUT2D eigenvalue weighted by atomic mass is 35.5. The van der Waals surface area contributed by atoms with Gasteiger partial charge in [-0.1, -0.05) is 31.4 Å². The van der Waals surface area contributed by atoms with Crippen LogP contribution >= 0.6 is 11.6 Å². The third-order valence-electron chi connectivity index (χ3n) is 2.38. The molecule has 0 aromatic heterocycles. The van der Waals surface area contributed by atoms with Crippen LogP contribution in [0.4, 0.5) is 0 Å². The fraction of sp³-hybridized carbons (Fsp3) is 0.333. The van der Waals surface area contributed by atoms with Gasteiger partial charge in [-0.3, -0.25) is 0 Å². The van der Waals surface area contributed by atoms with Gasteiger partial charge in [0.2, 0.25) is 0 Å². The summed E-state index contributed by atoms with van der Waals surface area (Å²) in [6, 6.07) is 6.35. The first-order valence-electron chi connectivity index (χ1n) is 6.44. The number of carbonyl (C=O) groups is 2. The second-order valence-corrected chi connectivity index (χ2v) is 4.52. The maximum atomic E-state index is 11.4. The van der Waals surface area contributed by atoms with Crippen LogP contribution in [0.15, 0.2) is 36.4 Å². The van der Waals surface area contributed by atoms with Crippen LogP contribution < -0.4 is 4.74 Å². The number of benzene rings is 1. The molecule has 0 unspecified atom stereocenters. The second kappa shape index (κ2) is 9.15. The molecule has 1 rings (SSSR count). The number of esters is 2. The standard InChI is InChI=1S/C15H17ClO4/c1-2-3-4-11-19-14(17)9-10-15(18)20-13-7-5-12(16)6-8-13/h5-10H,2-4,11H2,1H3/b10-9+. The Hall–Kier alpha value is -1.81. The van der Waals surface area contributed by atoms with E-state index in [1.807, 2.05) is 0 Å². The quantitative estimate of drug-likeness (QED) is 0.334. The highest BCUT2D eigenvalue weighted by Gasteiger charge is 2.02. The van der Waals surface area contributed by atoms with Crippen molar-refractivity contribution in [3.05, 3.63) is 41.4 Å². The molecular weight excluding hydrogens is 280 g/mol. The van der Waals surface area contributed by atoms with E-state index < -0.39 is 11.9 Å². The predicted molar refractivity (Wildman–Crippen MR) is 76.7 cm³/mol. The van der Waals surface area contributed by atoms with E-state index in [4.69, 9.17) is 21.1 Å². The minimum absolute atomic E-state index is 0.361. The molecule has 108 valence electrons. The summed E-state index contributed by atoms with van der Waals surface area (Å²) in [6.07, 6.45) is 4.99. The van der Waals surface area contributed by atoms with E-state index in [9.17, 15) is 9.59 Å². The lowest BCUT2D eigenvalue weighted by Crippen LogP contribution is -2.07. The molecule has 0 spiro atoms. The third kappa shape index (κ3) is 6.95. The maximum absolute atomic E-state index is 11.4. The van der Waals surface area contributed by atoms with Crippen molar-refractivity contribution in [1.29, 1.82) is 0 Å². The Kier molecular flexibility index (Phi) is 7.43. The number of unbranched alkanes of at least 4 members (excludes halogenated alkanes) is 2. The largest absolute Gasteiger partial charge is 0.463 e. The van der Waals surface area contributed by atoms with Crippen molar-refractivity contribution in [2.24, 2.45) is 0 Å². The van der Waals surface area contributed by atoms with Crippen molar-refractivity contribution in [1.82, 2.24) is 0 Å². The van der Waals surface area contributed by atoms with Crippen molar-refractivity contribution in [2.75, 3.05) is 6.61 Å². The number of hydrogen-bond acceptors (Lipinski definition) is 4. The van der Waals surface area contributed by atoms with Gasteiger partial charge >= 0.3 is 11.9 Å². The Morgan fingerprint density at radius 2 is 1.75 bits per heavy atom. The summed E-state index contributed by atoms with van der Waals surface area (Å²) in [6.45, 7) is 2.43. The molecule has 20 heavy (non-hydrogen) atoms. The highest BCUT2D eigenvalue weighted by molar-refractivity contribution is 6.30. The van der Waals surface area contributed by atoms with Crippen LogP contribution in [0.2, 0.25) is 5.02 Å². The maximum Gasteiger partial charge on any atom is 0.336 e. The van der Waals surface area contributed by atoms with Crippen LogP contribution in [0.3, 0.4) is 0 Å². The molecule has 0 N–H and O–H groups in total. The zero-order valence-electron chi connectivity index (χ0n) is 11.3. The van der Waals surface area contributed by atoms with Crippen LogP contribution in [0.1, 0.15) is 26.2 Å². The molecule has 1 aromatic rings. The van der Waals surface area contributed by atoms with E-state index in [1.54, 1.807) is 24.3 Å². The third-order valence-corrected chi connectivity index (χ3v) is 2.63. The molecule has 0 aliphatic rings. The lowest BCUT2D eigenvalue weighted by Gasteiger charge is -2.01. The lowest BCUT2D eigenvalue weighted by atomic mass is 10.3. The molecule has 0 saturated heterocycles. The van der Waals surface area contributed by atoms with Gasteiger partial charge in [0, 0.05) is 17.2 Å². The molecule has 4 nitrogen and oxygen atoms in total. The topological polar surface area (TPSA) is 52.6 Å². The lowest BCUT2D eigenvalue weighted by molar-refractivity contribution is -0.138. The highest BCUT2D eigenvalue weighted by Crippen LogP contribution is 2.15. The van der Waals surface area contributed by atoms with E-state index in [2.05, 4.69) is 6.92 Å². The van der Waals surface area contributed by atoms with Gasteiger partial charge < -0.3 is 9.47 Å². The van der Waals surface area contributed by atoms with E-state index in [0.717, 1.165) is 31.4 Å². The monoisotopic (exact) mass is 296 g/mol. The van der Waals surface area contributed by atoms with Gasteiger partial charge in [0.05, 0.1) is 6.61 Å². The first-order valence-corrected chi connectivity index (χ1v) is 6.82. The molecule has 0 amide bonds. The van der Waals surface area contributed by atoms with Crippen LogP contribution in [-0.2, 0) is 14.3 Å². The zero-order valence-corrected chi connectivity index (χ0v) is 12.1. The van der Waals surface area contributed by atoms with Crippen LogP contribution in [0, 0.1) is 0 Å². The molecule has 1 aromatic carbocycles. The Labute approximate surface area is 123 Å². The van der Waals surface area contributed by atoms with Gasteiger partial charge in [0.15, 0.2) is 0 Å². The summed E-state index contributed by atoms with van der Waals surface area (Å²) in [5, 5.41) is 0.552. The van der Waals surface area contributed by atoms with E-state index in [1.165, 1.54) is 0 Å². The van der Waals surface area contributed by atoms with Gasteiger partial charge in [0.25, 0.3) is 0 Å². The molecule has 0 aliphatic heterocycles. The molecule has 0 heterocycles. The van der Waals surface area contributed by atoms with Crippen LogP contribution in [0.25, 0.3) is 0 Å². The zero-order chi connectivity index (χ0) is 14.8. The molecular formula is C15H17ClO4. The normalized spacial score (nSPS) is 10.5. The van der Waals surface area contributed by atoms with Gasteiger partial charge in [0.1, 0.15) is 5.75 Å². The van der Waals surface area contributed by atoms with Crippen molar-refractivity contribution in [2.45, 2.75) is 26.2 Å². The van der Waals surface area contributed by atoms with Gasteiger partial charge in [-0.2, -0.15) is 0 Å². The summed E-state index contributed by atoms with van der Waals surface area (Å²) < 4.78 is 9.88. The van der Waals surface area contributed by atoms with Gasteiger partial charge in [-0.05, 0) is 30.7 Å². The summed E-state index contributed by atoms with van der Waals surface area (Å²) in [5.74, 6) is -0.827. The minimum atomic E-state index is -0.641. The van der Waals surface area contributed by atoms with E-state index in [-0.39, 0.29) is 0 Å². The summed E-state index contributed by atoms with van der Waals surface area (Å²) in [4.78, 5) is 22.7. The van der Waals surface area contributed by atoms with Crippen molar-refractivity contribution in [3.8, 4) is 5.75 Å². The number of ether oxygens (including phenoxy) is 2. The fourth-order valence-electron chi connectivity index (χ4n) is 1.36. The van der Waals surface area contributed by atoms with E-state index in [0.29, 0.717) is 17.4 Å². The second-order valence-electron chi connectivity index (χ2n) is 4.08. The van der Waals surface area contributed by atoms with Crippen LogP contribution in [-0.4, -0.2) is 18.5 Å². The smallest absolute Gasteiger partial charge is 0.336 e. The van der Waals surface area contributed by atoms with Crippen molar-refractivity contribution in [3.63, 3.8) is 0 Å². The number of hydrogen-bond donors (Lipinski definition) is 0. The fourth-order valence-corrected chi connectivity index (χ4v) is 1.49. The molecule has 0 fully saturated rings. The predicted octanol–water partition coefficient (Wildman–Crippen LogP) is 3.54. The summed E-state index contributed by atoms with van der Waals surface area (Å²) in [7, 11) is 0. The van der Waals surface area contributed by atoms with Gasteiger partial charge in [-0.25, -0.2) is 9.59 Å². The summed E-state index contributed by atoms with van der Waals surface area (Å²) in [5.41, 5.74) is 0. The first kappa shape index (κ1) is 16.2. The SMILES string of the molecule is CCCCCOC(=O)/C=C/C(=O)Oc1ccc(Cl)cc1. The Morgan fingerprint density at radius 3 is 2.40 bits per heavy atom. The molecule has 0 radical (unpaired) electrons. The molecule has 0 saturated carbocycles. The average molecular weight is 297 g/mol. The van der Waals surface area contributed by atoms with E-state index >= 15 is 0 Å². The molecule has 0 bridgehead atoms. The number of carbonyl (C=O) groups excluding carboxylic acids is 2. The Bertz CT molecular complexity index is 465. The Balaban J connectivity index is 2.32. The van der Waals surface area contributed by atoms with Crippen molar-refractivity contribution >= 4 is 23.5 Å². The molecule has 0 aliphatic carbocycles. The number of rotatable bonds is 7. The number of halogens is 1. The molecule has 5 heteroatoms. The summed E-state index contributed by atoms with van der Waals surface area (Å²) >= 11 is 5.71. The molecule has 0 atom stereocenters. The Morgan fingerprint density at radius 1 is 1.10 bits per heavy atom.